The molecule has 0 radical (unpaired) electrons. The fourth-order valence-electron chi connectivity index (χ4n) is 3.75. The van der Waals surface area contributed by atoms with E-state index in [0.717, 1.165) is 11.1 Å². The van der Waals surface area contributed by atoms with Gasteiger partial charge in [0.2, 0.25) is 0 Å². The first kappa shape index (κ1) is 21.5. The lowest BCUT2D eigenvalue weighted by Crippen LogP contribution is -2.06. The van der Waals surface area contributed by atoms with Gasteiger partial charge in [0.1, 0.15) is 17.2 Å². The summed E-state index contributed by atoms with van der Waals surface area (Å²) in [4.78, 5) is 16.3. The summed E-state index contributed by atoms with van der Waals surface area (Å²) in [6, 6.07) is 12.3. The number of aliphatic hydroxyl groups excluding tert-OH is 1. The maximum absolute atomic E-state index is 12.0. The highest BCUT2D eigenvalue weighted by molar-refractivity contribution is 7.91. The number of aromatic amines is 1. The first-order valence-corrected chi connectivity index (χ1v) is 12.2. The third-order valence-electron chi connectivity index (χ3n) is 5.50. The predicted octanol–water partition coefficient (Wildman–Crippen LogP) is 3.78. The van der Waals surface area contributed by atoms with Gasteiger partial charge in [-0.2, -0.15) is 0 Å². The fraction of sp³-hybridized carbons (Fsp3) is 0.261. The second-order valence-electron chi connectivity index (χ2n) is 7.70. The van der Waals surface area contributed by atoms with Crippen molar-refractivity contribution in [1.82, 2.24) is 19.9 Å². The summed E-state index contributed by atoms with van der Waals surface area (Å²) in [5.74, 6) is 1.47. The van der Waals surface area contributed by atoms with E-state index in [1.54, 1.807) is 25.3 Å². The number of rotatable bonds is 6. The van der Waals surface area contributed by atoms with Gasteiger partial charge in [0.15, 0.2) is 27.0 Å². The molecule has 0 aliphatic carbocycles. The minimum atomic E-state index is -3.40. The first-order chi connectivity index (χ1) is 15.9. The van der Waals surface area contributed by atoms with Crippen molar-refractivity contribution >= 4 is 20.9 Å². The summed E-state index contributed by atoms with van der Waals surface area (Å²) in [5, 5.41) is 9.88. The number of fused-ring (bicyclic) bond motifs is 1. The lowest BCUT2D eigenvalue weighted by Gasteiger charge is -2.16. The van der Waals surface area contributed by atoms with Gasteiger partial charge in [-0.15, -0.1) is 0 Å². The molecule has 1 fully saturated rings. The van der Waals surface area contributed by atoms with E-state index in [4.69, 9.17) is 9.47 Å². The highest BCUT2D eigenvalue weighted by Crippen LogP contribution is 2.40. The molecular formula is C23H22N4O5S. The quantitative estimate of drug-likeness (QED) is 0.440. The first-order valence-electron chi connectivity index (χ1n) is 10.6. The van der Waals surface area contributed by atoms with Gasteiger partial charge in [-0.1, -0.05) is 13.0 Å². The number of benzene rings is 1. The average molecular weight is 467 g/mol. The van der Waals surface area contributed by atoms with E-state index >= 15 is 0 Å². The van der Waals surface area contributed by atoms with E-state index in [9.17, 15) is 13.5 Å². The predicted molar refractivity (Wildman–Crippen MR) is 120 cm³/mol. The fourth-order valence-corrected chi connectivity index (χ4v) is 4.54. The minimum Gasteiger partial charge on any atom is -0.455 e. The molecule has 170 valence electrons. The molecule has 1 aliphatic heterocycles. The molecular weight excluding hydrogens is 444 g/mol. The van der Waals surface area contributed by atoms with Gasteiger partial charge in [-0.3, -0.25) is 4.98 Å². The van der Waals surface area contributed by atoms with Crippen molar-refractivity contribution in [2.45, 2.75) is 37.2 Å². The van der Waals surface area contributed by atoms with Crippen molar-refractivity contribution < 1.29 is 23.0 Å². The molecule has 2 atom stereocenters. The Hall–Kier alpha value is -3.34. The molecule has 9 nitrogen and oxygen atoms in total. The van der Waals surface area contributed by atoms with Gasteiger partial charge in [0, 0.05) is 24.2 Å². The van der Waals surface area contributed by atoms with Gasteiger partial charge >= 0.3 is 0 Å². The number of pyridine rings is 2. The summed E-state index contributed by atoms with van der Waals surface area (Å²) >= 11 is 0. The maximum Gasteiger partial charge on any atom is 0.195 e. The molecule has 1 saturated heterocycles. The zero-order chi connectivity index (χ0) is 23.0. The largest absolute Gasteiger partial charge is 0.455 e. The summed E-state index contributed by atoms with van der Waals surface area (Å²) in [6.07, 6.45) is 3.06. The SMILES string of the molecule is CCS(=O)(=O)c1ccc(Oc2cc3nc(-c4ccccn4)[nH]c3cc2[C@@H]2CCC(O)O2)cn1. The smallest absolute Gasteiger partial charge is 0.195 e. The van der Waals surface area contributed by atoms with Gasteiger partial charge in [-0.05, 0) is 36.8 Å². The monoisotopic (exact) mass is 466 g/mol. The lowest BCUT2D eigenvalue weighted by atomic mass is 10.0. The van der Waals surface area contributed by atoms with E-state index in [1.165, 1.54) is 12.3 Å². The van der Waals surface area contributed by atoms with Crippen LogP contribution < -0.4 is 4.74 Å². The standard InChI is InChI=1S/C23H22N4O5S/c1-2-33(29,30)21-8-6-14(13-25-21)31-20-12-18-17(11-15(20)19-7-9-22(28)32-19)26-23(27-18)16-5-3-4-10-24-16/h3-6,8,10-13,19,22,28H,2,7,9H2,1H3,(H,26,27)/t19-,22?/m0/s1. The molecule has 3 aromatic heterocycles. The number of aliphatic hydroxyl groups is 1. The summed E-state index contributed by atoms with van der Waals surface area (Å²) in [5.41, 5.74) is 2.92. The maximum atomic E-state index is 12.0. The number of aromatic nitrogens is 4. The Kier molecular flexibility index (Phi) is 5.57. The van der Waals surface area contributed by atoms with Crippen LogP contribution in [-0.4, -0.2) is 45.5 Å². The van der Waals surface area contributed by atoms with Crippen LogP contribution in [0.25, 0.3) is 22.6 Å². The second kappa shape index (κ2) is 8.54. The Morgan fingerprint density at radius 3 is 2.73 bits per heavy atom. The number of nitrogens with zero attached hydrogens (tertiary/aromatic N) is 3. The van der Waals surface area contributed by atoms with Gasteiger partial charge in [0.25, 0.3) is 0 Å². The molecule has 0 spiro atoms. The zero-order valence-corrected chi connectivity index (χ0v) is 18.6. The van der Waals surface area contributed by atoms with Crippen LogP contribution in [0.3, 0.4) is 0 Å². The Balaban J connectivity index is 1.54. The highest BCUT2D eigenvalue weighted by Gasteiger charge is 2.28. The zero-order valence-electron chi connectivity index (χ0n) is 17.8. The van der Waals surface area contributed by atoms with Crippen molar-refractivity contribution in [3.05, 3.63) is 60.4 Å². The Morgan fingerprint density at radius 2 is 2.06 bits per heavy atom. The van der Waals surface area contributed by atoms with Crippen LogP contribution in [0.2, 0.25) is 0 Å². The third kappa shape index (κ3) is 4.32. The Bertz CT molecular complexity index is 1390. The van der Waals surface area contributed by atoms with Crippen LogP contribution in [-0.2, 0) is 14.6 Å². The molecule has 1 aliphatic rings. The molecule has 4 aromatic rings. The van der Waals surface area contributed by atoms with Crippen LogP contribution >= 0.6 is 0 Å². The number of imidazole rings is 1. The molecule has 0 bridgehead atoms. The van der Waals surface area contributed by atoms with E-state index < -0.39 is 16.1 Å². The number of H-pyrrole nitrogens is 1. The van der Waals surface area contributed by atoms with Crippen LogP contribution in [0.15, 0.2) is 59.9 Å². The van der Waals surface area contributed by atoms with Crippen LogP contribution in [0, 0.1) is 0 Å². The van der Waals surface area contributed by atoms with E-state index in [-0.39, 0.29) is 16.9 Å². The summed E-state index contributed by atoms with van der Waals surface area (Å²) in [6.45, 7) is 1.57. The minimum absolute atomic E-state index is 0.00239. The normalized spacial score (nSPS) is 18.6. The number of sulfone groups is 1. The molecule has 10 heteroatoms. The number of ether oxygens (including phenoxy) is 2. The number of hydrogen-bond acceptors (Lipinski definition) is 8. The molecule has 33 heavy (non-hydrogen) atoms. The van der Waals surface area contributed by atoms with Crippen molar-refractivity contribution in [1.29, 1.82) is 0 Å². The van der Waals surface area contributed by atoms with Crippen LogP contribution in [0.4, 0.5) is 0 Å². The van der Waals surface area contributed by atoms with Crippen molar-refractivity contribution in [2.24, 2.45) is 0 Å². The van der Waals surface area contributed by atoms with E-state index in [2.05, 4.69) is 19.9 Å². The van der Waals surface area contributed by atoms with Crippen LogP contribution in [0.5, 0.6) is 11.5 Å². The third-order valence-corrected chi connectivity index (χ3v) is 7.14. The lowest BCUT2D eigenvalue weighted by molar-refractivity contribution is -0.0916. The second-order valence-corrected chi connectivity index (χ2v) is 9.93. The molecule has 4 heterocycles. The number of nitrogens with one attached hydrogen (secondary N) is 1. The van der Waals surface area contributed by atoms with Crippen molar-refractivity contribution in [3.8, 4) is 23.0 Å². The van der Waals surface area contributed by atoms with E-state index in [1.807, 2.05) is 24.3 Å². The molecule has 2 N–H and O–H groups in total. The molecule has 0 saturated carbocycles. The average Bonchev–Trinajstić information content (AvgIpc) is 3.45. The van der Waals surface area contributed by atoms with Crippen LogP contribution in [0.1, 0.15) is 31.4 Å². The van der Waals surface area contributed by atoms with E-state index in [0.29, 0.717) is 41.4 Å². The summed E-state index contributed by atoms with van der Waals surface area (Å²) in [7, 11) is -3.40. The Morgan fingerprint density at radius 1 is 1.18 bits per heavy atom. The number of hydrogen-bond donors (Lipinski definition) is 2. The topological polar surface area (TPSA) is 127 Å². The van der Waals surface area contributed by atoms with Gasteiger partial charge < -0.3 is 19.6 Å². The van der Waals surface area contributed by atoms with Crippen molar-refractivity contribution in [3.63, 3.8) is 0 Å². The molecule has 5 rings (SSSR count). The molecule has 1 unspecified atom stereocenters. The Labute approximate surface area is 190 Å². The molecule has 0 amide bonds. The summed E-state index contributed by atoms with van der Waals surface area (Å²) < 4.78 is 35.8. The highest BCUT2D eigenvalue weighted by atomic mass is 32.2. The van der Waals surface area contributed by atoms with Crippen molar-refractivity contribution in [2.75, 3.05) is 5.75 Å². The molecule has 1 aromatic carbocycles. The van der Waals surface area contributed by atoms with Gasteiger partial charge in [0.05, 0.1) is 29.1 Å². The van der Waals surface area contributed by atoms with Gasteiger partial charge in [-0.25, -0.2) is 18.4 Å².